The fourth-order valence-electron chi connectivity index (χ4n) is 2.25. The Bertz CT molecular complexity index is 477. The normalized spacial score (nSPS) is 12.3. The van der Waals surface area contributed by atoms with Crippen LogP contribution in [0.1, 0.15) is 32.9 Å². The highest BCUT2D eigenvalue weighted by molar-refractivity contribution is 5.81. The lowest BCUT2D eigenvalue weighted by molar-refractivity contribution is 0.348. The Morgan fingerprint density at radius 3 is 2.53 bits per heavy atom. The number of hydrogen-bond acceptors (Lipinski definition) is 0. The van der Waals surface area contributed by atoms with Crippen LogP contribution in [-0.2, 0) is 5.54 Å². The zero-order valence-electron chi connectivity index (χ0n) is 10.0. The van der Waals surface area contributed by atoms with Crippen LogP contribution in [0.15, 0.2) is 30.3 Å². The molecule has 0 fully saturated rings. The van der Waals surface area contributed by atoms with Gasteiger partial charge in [0.15, 0.2) is 0 Å². The molecule has 2 rings (SSSR count). The maximum Gasteiger partial charge on any atom is 0.0487 e. The van der Waals surface area contributed by atoms with Gasteiger partial charge in [-0.25, -0.2) is 0 Å². The van der Waals surface area contributed by atoms with Crippen LogP contribution in [0.25, 0.3) is 10.9 Å². The molecule has 15 heavy (non-hydrogen) atoms. The Kier molecular flexibility index (Phi) is 2.34. The number of rotatable bonds is 2. The van der Waals surface area contributed by atoms with E-state index >= 15 is 0 Å². The molecule has 0 N–H and O–H groups in total. The topological polar surface area (TPSA) is 4.93 Å². The average molecular weight is 201 g/mol. The molecule has 0 unspecified atom stereocenters. The molecule has 0 spiro atoms. The summed E-state index contributed by atoms with van der Waals surface area (Å²) in [5.41, 5.74) is 2.90. The highest BCUT2D eigenvalue weighted by Crippen LogP contribution is 2.29. The molecule has 1 aromatic carbocycles. The third-order valence-electron chi connectivity index (χ3n) is 3.37. The van der Waals surface area contributed by atoms with Crippen molar-refractivity contribution in [3.05, 3.63) is 36.0 Å². The number of aromatic nitrogens is 1. The Morgan fingerprint density at radius 2 is 1.87 bits per heavy atom. The summed E-state index contributed by atoms with van der Waals surface area (Å²) in [6.45, 7) is 9.03. The number of nitrogens with zero attached hydrogens (tertiary/aromatic N) is 1. The van der Waals surface area contributed by atoms with Crippen molar-refractivity contribution in [2.75, 3.05) is 0 Å². The summed E-state index contributed by atoms with van der Waals surface area (Å²) in [7, 11) is 0. The molecule has 0 radical (unpaired) electrons. The van der Waals surface area contributed by atoms with Gasteiger partial charge in [0.25, 0.3) is 0 Å². The molecule has 0 aliphatic heterocycles. The maximum absolute atomic E-state index is 2.45. The molecule has 0 saturated heterocycles. The van der Waals surface area contributed by atoms with Gasteiger partial charge >= 0.3 is 0 Å². The second kappa shape index (κ2) is 3.41. The van der Waals surface area contributed by atoms with E-state index in [1.807, 2.05) is 0 Å². The molecule has 1 nitrogen and oxygen atoms in total. The summed E-state index contributed by atoms with van der Waals surface area (Å²) in [5.74, 6) is 0. The molecule has 0 amide bonds. The van der Waals surface area contributed by atoms with Crippen LogP contribution < -0.4 is 0 Å². The zero-order chi connectivity index (χ0) is 11.1. The lowest BCUT2D eigenvalue weighted by atomic mass is 10.0. The number of benzene rings is 1. The predicted octanol–water partition coefficient (Wildman–Crippen LogP) is 4.09. The smallest absolute Gasteiger partial charge is 0.0487 e. The maximum atomic E-state index is 2.45. The van der Waals surface area contributed by atoms with Crippen molar-refractivity contribution in [1.82, 2.24) is 4.57 Å². The fraction of sp³-hybridized carbons (Fsp3) is 0.429. The van der Waals surface area contributed by atoms with Crippen molar-refractivity contribution in [2.45, 2.75) is 39.7 Å². The van der Waals surface area contributed by atoms with Crippen molar-refractivity contribution in [2.24, 2.45) is 0 Å². The third kappa shape index (κ3) is 1.56. The lowest BCUT2D eigenvalue weighted by Gasteiger charge is -2.28. The van der Waals surface area contributed by atoms with Crippen LogP contribution >= 0.6 is 0 Å². The standard InChI is InChI=1S/C14H19N/c1-5-14(3,4)15-11(2)10-12-8-6-7-9-13(12)15/h6-10H,5H2,1-4H3. The molecule has 1 aromatic heterocycles. The van der Waals surface area contributed by atoms with Crippen molar-refractivity contribution in [3.63, 3.8) is 0 Å². The Morgan fingerprint density at radius 1 is 1.20 bits per heavy atom. The van der Waals surface area contributed by atoms with Crippen LogP contribution in [-0.4, -0.2) is 4.57 Å². The highest BCUT2D eigenvalue weighted by atomic mass is 15.1. The van der Waals surface area contributed by atoms with Gasteiger partial charge in [-0.15, -0.1) is 0 Å². The van der Waals surface area contributed by atoms with E-state index in [1.54, 1.807) is 0 Å². The molecule has 80 valence electrons. The van der Waals surface area contributed by atoms with Crippen LogP contribution in [0.2, 0.25) is 0 Å². The Hall–Kier alpha value is -1.24. The molecular formula is C14H19N. The first-order valence-electron chi connectivity index (χ1n) is 5.64. The molecule has 0 bridgehead atoms. The molecule has 1 heterocycles. The second-order valence-electron chi connectivity index (χ2n) is 4.85. The van der Waals surface area contributed by atoms with Gasteiger partial charge < -0.3 is 4.57 Å². The molecular weight excluding hydrogens is 182 g/mol. The number of aryl methyl sites for hydroxylation is 1. The third-order valence-corrected chi connectivity index (χ3v) is 3.37. The Balaban J connectivity index is 2.74. The van der Waals surface area contributed by atoms with E-state index in [4.69, 9.17) is 0 Å². The summed E-state index contributed by atoms with van der Waals surface area (Å²) in [5, 5.41) is 1.34. The van der Waals surface area contributed by atoms with E-state index in [1.165, 1.54) is 16.6 Å². The summed E-state index contributed by atoms with van der Waals surface area (Å²) in [6.07, 6.45) is 1.15. The molecule has 0 aliphatic carbocycles. The summed E-state index contributed by atoms with van der Waals surface area (Å²) >= 11 is 0. The minimum Gasteiger partial charge on any atom is -0.339 e. The van der Waals surface area contributed by atoms with Crippen molar-refractivity contribution in [1.29, 1.82) is 0 Å². The van der Waals surface area contributed by atoms with Gasteiger partial charge in [0.05, 0.1) is 0 Å². The average Bonchev–Trinajstić information content (AvgIpc) is 2.54. The van der Waals surface area contributed by atoms with Gasteiger partial charge in [0.2, 0.25) is 0 Å². The molecule has 0 aliphatic rings. The van der Waals surface area contributed by atoms with E-state index in [0.717, 1.165) is 6.42 Å². The van der Waals surface area contributed by atoms with Gasteiger partial charge in [-0.1, -0.05) is 25.1 Å². The van der Waals surface area contributed by atoms with Crippen LogP contribution in [0.4, 0.5) is 0 Å². The zero-order valence-corrected chi connectivity index (χ0v) is 10.0. The minimum absolute atomic E-state index is 0.202. The van der Waals surface area contributed by atoms with E-state index in [9.17, 15) is 0 Å². The van der Waals surface area contributed by atoms with E-state index < -0.39 is 0 Å². The number of para-hydroxylation sites is 1. The SMILES string of the molecule is CCC(C)(C)n1c(C)cc2ccccc21. The minimum atomic E-state index is 0.202. The summed E-state index contributed by atoms with van der Waals surface area (Å²) in [6, 6.07) is 10.9. The second-order valence-corrected chi connectivity index (χ2v) is 4.85. The summed E-state index contributed by atoms with van der Waals surface area (Å²) < 4.78 is 2.45. The van der Waals surface area contributed by atoms with E-state index in [0.29, 0.717) is 0 Å². The van der Waals surface area contributed by atoms with Gasteiger partial charge in [0.1, 0.15) is 0 Å². The van der Waals surface area contributed by atoms with Gasteiger partial charge in [0, 0.05) is 16.7 Å². The van der Waals surface area contributed by atoms with Gasteiger partial charge in [-0.3, -0.25) is 0 Å². The van der Waals surface area contributed by atoms with Crippen LogP contribution in [0, 0.1) is 6.92 Å². The van der Waals surface area contributed by atoms with Gasteiger partial charge in [-0.2, -0.15) is 0 Å². The predicted molar refractivity (Wildman–Crippen MR) is 66.3 cm³/mol. The van der Waals surface area contributed by atoms with Crippen LogP contribution in [0.3, 0.4) is 0 Å². The van der Waals surface area contributed by atoms with E-state index in [-0.39, 0.29) is 5.54 Å². The number of hydrogen-bond donors (Lipinski definition) is 0. The highest BCUT2D eigenvalue weighted by Gasteiger charge is 2.20. The van der Waals surface area contributed by atoms with Crippen molar-refractivity contribution >= 4 is 10.9 Å². The van der Waals surface area contributed by atoms with Crippen LogP contribution in [0.5, 0.6) is 0 Å². The molecule has 0 atom stereocenters. The first-order chi connectivity index (χ1) is 7.06. The first-order valence-corrected chi connectivity index (χ1v) is 5.64. The van der Waals surface area contributed by atoms with Crippen molar-refractivity contribution in [3.8, 4) is 0 Å². The lowest BCUT2D eigenvalue weighted by Crippen LogP contribution is -2.25. The molecule has 2 aromatic rings. The quantitative estimate of drug-likeness (QED) is 0.689. The van der Waals surface area contributed by atoms with Gasteiger partial charge in [-0.05, 0) is 44.7 Å². The van der Waals surface area contributed by atoms with E-state index in [2.05, 4.69) is 62.6 Å². The monoisotopic (exact) mass is 201 g/mol. The fourth-order valence-corrected chi connectivity index (χ4v) is 2.25. The molecule has 1 heteroatoms. The summed E-state index contributed by atoms with van der Waals surface area (Å²) in [4.78, 5) is 0. The Labute approximate surface area is 91.7 Å². The largest absolute Gasteiger partial charge is 0.339 e. The number of fused-ring (bicyclic) bond motifs is 1. The first kappa shape index (κ1) is 10.3. The molecule has 0 saturated carbocycles. The van der Waals surface area contributed by atoms with Crippen molar-refractivity contribution < 1.29 is 0 Å².